The van der Waals surface area contributed by atoms with Gasteiger partial charge >= 0.3 is 6.18 Å². The topological polar surface area (TPSA) is 105 Å². The molecule has 0 fully saturated rings. The number of halogens is 5. The number of anilines is 1. The molecule has 0 aliphatic carbocycles. The molecule has 7 nitrogen and oxygen atoms in total. The number of aromatic hydroxyl groups is 1. The van der Waals surface area contributed by atoms with Crippen molar-refractivity contribution >= 4 is 12.1 Å². The third-order valence-corrected chi connectivity index (χ3v) is 3.60. The Morgan fingerprint density at radius 2 is 1.77 bits per heavy atom. The summed E-state index contributed by atoms with van der Waals surface area (Å²) < 4.78 is 70.8. The highest BCUT2D eigenvalue weighted by Crippen LogP contribution is 2.37. The number of rotatable bonds is 6. The third-order valence-electron chi connectivity index (χ3n) is 3.60. The van der Waals surface area contributed by atoms with E-state index in [-0.39, 0.29) is 17.0 Å². The molecular weight excluding hydrogens is 415 g/mol. The van der Waals surface area contributed by atoms with E-state index < -0.39 is 36.1 Å². The second kappa shape index (κ2) is 10.6. The maximum absolute atomic E-state index is 13.2. The highest BCUT2D eigenvalue weighted by molar-refractivity contribution is 5.56. The Bertz CT molecular complexity index is 845. The summed E-state index contributed by atoms with van der Waals surface area (Å²) in [7, 11) is 2.82. The molecule has 12 heteroatoms. The van der Waals surface area contributed by atoms with Gasteiger partial charge in [0.2, 0.25) is 6.41 Å². The summed E-state index contributed by atoms with van der Waals surface area (Å²) in [6.45, 7) is -0.628. The maximum Gasteiger partial charge on any atom is 0.416 e. The lowest BCUT2D eigenvalue weighted by atomic mass is 10.0. The van der Waals surface area contributed by atoms with E-state index in [1.165, 1.54) is 26.2 Å². The molecular formula is C18H21F5N4O3. The van der Waals surface area contributed by atoms with E-state index in [2.05, 4.69) is 0 Å². The Balaban J connectivity index is 0.000000804. The van der Waals surface area contributed by atoms with E-state index in [0.29, 0.717) is 6.41 Å². The molecule has 0 heterocycles. The van der Waals surface area contributed by atoms with Gasteiger partial charge in [-0.15, -0.1) is 0 Å². The molecule has 0 atom stereocenters. The van der Waals surface area contributed by atoms with Crippen molar-refractivity contribution in [2.75, 3.05) is 19.1 Å². The summed E-state index contributed by atoms with van der Waals surface area (Å²) in [5, 5.41) is 11.2. The predicted molar refractivity (Wildman–Crippen MR) is 99.4 cm³/mol. The molecule has 0 unspecified atom stereocenters. The zero-order chi connectivity index (χ0) is 23.1. The standard InChI is InChI=1S/C16H15F5N2O2.C2H6N2O/c1-23(22)13-4-2-3-12(16(19,20)21)11(13)8-25-14-6-5-9(24)7-10(14)15(17)18;1-4(3)2-5/h2-7,15,24H,8,22H2,1H3;2H,3H2,1H3. The fraction of sp³-hybridized carbons (Fsp3) is 0.278. The molecule has 0 aliphatic heterocycles. The van der Waals surface area contributed by atoms with Crippen LogP contribution in [0.5, 0.6) is 11.5 Å². The van der Waals surface area contributed by atoms with Crippen LogP contribution in [-0.4, -0.2) is 30.6 Å². The molecule has 5 N–H and O–H groups in total. The molecule has 2 aromatic rings. The summed E-state index contributed by atoms with van der Waals surface area (Å²) in [5.41, 5.74) is -1.83. The number of ether oxygens (including phenoxy) is 1. The first kappa shape index (κ1) is 24.9. The van der Waals surface area contributed by atoms with Gasteiger partial charge in [-0.1, -0.05) is 6.07 Å². The highest BCUT2D eigenvalue weighted by Gasteiger charge is 2.35. The molecule has 166 valence electrons. The van der Waals surface area contributed by atoms with Crippen LogP contribution in [0.4, 0.5) is 27.6 Å². The van der Waals surface area contributed by atoms with Gasteiger partial charge in [0.1, 0.15) is 18.1 Å². The van der Waals surface area contributed by atoms with Crippen LogP contribution < -0.4 is 21.4 Å². The van der Waals surface area contributed by atoms with Gasteiger partial charge in [0.15, 0.2) is 0 Å². The van der Waals surface area contributed by atoms with Crippen LogP contribution >= 0.6 is 0 Å². The Morgan fingerprint density at radius 3 is 2.23 bits per heavy atom. The van der Waals surface area contributed by atoms with Crippen LogP contribution in [-0.2, 0) is 17.6 Å². The number of alkyl halides is 5. The lowest BCUT2D eigenvalue weighted by molar-refractivity contribution is -0.138. The molecule has 1 amide bonds. The minimum atomic E-state index is -4.66. The summed E-state index contributed by atoms with van der Waals surface area (Å²) in [5.74, 6) is 9.58. The SMILES string of the molecule is CN(N)C=O.CN(N)c1cccc(C(F)(F)F)c1COc1ccc(O)cc1C(F)F. The molecule has 0 spiro atoms. The van der Waals surface area contributed by atoms with Crippen molar-refractivity contribution in [1.29, 1.82) is 0 Å². The molecule has 30 heavy (non-hydrogen) atoms. The number of phenolic OH excluding ortho intramolecular Hbond substituents is 1. The predicted octanol–water partition coefficient (Wildman–Crippen LogP) is 3.19. The largest absolute Gasteiger partial charge is 0.508 e. The molecule has 0 bridgehead atoms. The van der Waals surface area contributed by atoms with Crippen molar-refractivity contribution in [3.63, 3.8) is 0 Å². The number of nitrogens with zero attached hydrogens (tertiary/aromatic N) is 2. The molecule has 0 saturated carbocycles. The van der Waals surface area contributed by atoms with Gasteiger partial charge in [-0.25, -0.2) is 20.5 Å². The van der Waals surface area contributed by atoms with E-state index in [1.807, 2.05) is 0 Å². The Kier molecular flexibility index (Phi) is 8.80. The quantitative estimate of drug-likeness (QED) is 0.211. The lowest BCUT2D eigenvalue weighted by Gasteiger charge is -2.22. The number of nitrogens with two attached hydrogens (primary N) is 2. The van der Waals surface area contributed by atoms with Crippen molar-refractivity contribution in [2.45, 2.75) is 19.2 Å². The second-order valence-electron chi connectivity index (χ2n) is 5.99. The number of phenols is 1. The van der Waals surface area contributed by atoms with Crippen LogP contribution in [0, 0.1) is 0 Å². The van der Waals surface area contributed by atoms with Crippen molar-refractivity contribution < 1.29 is 36.6 Å². The zero-order valence-corrected chi connectivity index (χ0v) is 16.0. The highest BCUT2D eigenvalue weighted by atomic mass is 19.4. The first-order valence-electron chi connectivity index (χ1n) is 8.22. The zero-order valence-electron chi connectivity index (χ0n) is 16.0. The van der Waals surface area contributed by atoms with E-state index in [0.717, 1.165) is 34.3 Å². The molecule has 0 aromatic heterocycles. The Hall–Kier alpha value is -3.12. The average molecular weight is 436 g/mol. The maximum atomic E-state index is 13.2. The van der Waals surface area contributed by atoms with Crippen LogP contribution in [0.1, 0.15) is 23.1 Å². The lowest BCUT2D eigenvalue weighted by Crippen LogP contribution is -2.27. The van der Waals surface area contributed by atoms with Gasteiger partial charge in [0.05, 0.1) is 16.8 Å². The van der Waals surface area contributed by atoms with Gasteiger partial charge in [0.25, 0.3) is 6.43 Å². The Labute approximate surface area is 169 Å². The van der Waals surface area contributed by atoms with E-state index in [1.54, 1.807) is 0 Å². The number of hydrogen-bond acceptors (Lipinski definition) is 6. The molecule has 0 radical (unpaired) electrons. The van der Waals surface area contributed by atoms with Crippen molar-refractivity contribution in [2.24, 2.45) is 11.7 Å². The number of carbonyl (C=O) groups excluding carboxylic acids is 1. The third kappa shape index (κ3) is 7.04. The number of hydrazine groups is 2. The minimum Gasteiger partial charge on any atom is -0.508 e. The van der Waals surface area contributed by atoms with E-state index >= 15 is 0 Å². The fourth-order valence-electron chi connectivity index (χ4n) is 2.31. The van der Waals surface area contributed by atoms with E-state index in [9.17, 15) is 31.9 Å². The summed E-state index contributed by atoms with van der Waals surface area (Å²) in [4.78, 5) is 9.31. The monoisotopic (exact) mass is 436 g/mol. The van der Waals surface area contributed by atoms with Crippen LogP contribution in [0.2, 0.25) is 0 Å². The summed E-state index contributed by atoms with van der Waals surface area (Å²) in [6, 6.07) is 6.38. The van der Waals surface area contributed by atoms with Gasteiger partial charge in [0, 0.05) is 19.7 Å². The molecule has 0 aliphatic rings. The summed E-state index contributed by atoms with van der Waals surface area (Å²) in [6.07, 6.45) is -7.10. The van der Waals surface area contributed by atoms with Gasteiger partial charge in [-0.05, 0) is 30.3 Å². The van der Waals surface area contributed by atoms with Crippen LogP contribution in [0.3, 0.4) is 0 Å². The first-order chi connectivity index (χ1) is 13.9. The molecule has 2 rings (SSSR count). The van der Waals surface area contributed by atoms with Gasteiger partial charge < -0.3 is 14.9 Å². The van der Waals surface area contributed by atoms with Crippen molar-refractivity contribution in [1.82, 2.24) is 5.01 Å². The van der Waals surface area contributed by atoms with Crippen molar-refractivity contribution in [3.8, 4) is 11.5 Å². The number of hydrogen-bond donors (Lipinski definition) is 3. The smallest absolute Gasteiger partial charge is 0.416 e. The number of carbonyl (C=O) groups is 1. The van der Waals surface area contributed by atoms with Crippen molar-refractivity contribution in [3.05, 3.63) is 53.1 Å². The minimum absolute atomic E-state index is 0.0483. The second-order valence-corrected chi connectivity index (χ2v) is 5.99. The fourth-order valence-corrected chi connectivity index (χ4v) is 2.31. The first-order valence-corrected chi connectivity index (χ1v) is 8.22. The van der Waals surface area contributed by atoms with E-state index in [4.69, 9.17) is 16.4 Å². The normalized spacial score (nSPS) is 10.9. The van der Waals surface area contributed by atoms with Crippen LogP contribution in [0.15, 0.2) is 36.4 Å². The molecule has 0 saturated heterocycles. The van der Waals surface area contributed by atoms with Crippen LogP contribution in [0.25, 0.3) is 0 Å². The van der Waals surface area contributed by atoms with Gasteiger partial charge in [-0.2, -0.15) is 13.2 Å². The number of benzene rings is 2. The number of amides is 1. The Morgan fingerprint density at radius 1 is 1.17 bits per heavy atom. The van der Waals surface area contributed by atoms with Gasteiger partial charge in [-0.3, -0.25) is 9.80 Å². The molecule has 2 aromatic carbocycles. The average Bonchev–Trinajstić information content (AvgIpc) is 2.66. The summed E-state index contributed by atoms with van der Waals surface area (Å²) >= 11 is 0.